The summed E-state index contributed by atoms with van der Waals surface area (Å²) in [5.41, 5.74) is 2.05. The van der Waals surface area contributed by atoms with E-state index in [1.807, 2.05) is 24.3 Å². The Balaban J connectivity index is 1.76. The van der Waals surface area contributed by atoms with Crippen LogP contribution in [0.25, 0.3) is 0 Å². The van der Waals surface area contributed by atoms with Gasteiger partial charge in [-0.2, -0.15) is 0 Å². The molecule has 0 amide bonds. The van der Waals surface area contributed by atoms with Gasteiger partial charge >= 0.3 is 0 Å². The molecule has 0 unspecified atom stereocenters. The SMILES string of the molecule is COc1ccc(C2(NC(=S)Nc3cccnc3)CCCC2)cc1. The van der Waals surface area contributed by atoms with Crippen molar-refractivity contribution in [2.24, 2.45) is 0 Å². The lowest BCUT2D eigenvalue weighted by molar-refractivity contribution is 0.401. The number of rotatable bonds is 4. The summed E-state index contributed by atoms with van der Waals surface area (Å²) in [6.07, 6.45) is 8.08. The zero-order valence-electron chi connectivity index (χ0n) is 13.2. The summed E-state index contributed by atoms with van der Waals surface area (Å²) in [6.45, 7) is 0. The first kappa shape index (κ1) is 15.7. The summed E-state index contributed by atoms with van der Waals surface area (Å²) in [5, 5.41) is 7.40. The van der Waals surface area contributed by atoms with Crippen molar-refractivity contribution in [3.05, 3.63) is 54.4 Å². The average Bonchev–Trinajstić information content (AvgIpc) is 3.05. The highest BCUT2D eigenvalue weighted by Crippen LogP contribution is 2.39. The van der Waals surface area contributed by atoms with E-state index in [1.54, 1.807) is 19.5 Å². The highest BCUT2D eigenvalue weighted by Gasteiger charge is 2.36. The number of hydrogen-bond acceptors (Lipinski definition) is 3. The Bertz CT molecular complexity index is 652. The van der Waals surface area contributed by atoms with Gasteiger partial charge in [0, 0.05) is 6.20 Å². The molecule has 1 heterocycles. The van der Waals surface area contributed by atoms with Gasteiger partial charge in [0.2, 0.25) is 0 Å². The number of aromatic nitrogens is 1. The van der Waals surface area contributed by atoms with E-state index in [-0.39, 0.29) is 5.54 Å². The van der Waals surface area contributed by atoms with Crippen LogP contribution in [0.15, 0.2) is 48.8 Å². The minimum absolute atomic E-state index is 0.0986. The summed E-state index contributed by atoms with van der Waals surface area (Å²) >= 11 is 5.52. The van der Waals surface area contributed by atoms with Gasteiger partial charge in [0.25, 0.3) is 0 Å². The molecule has 120 valence electrons. The molecule has 23 heavy (non-hydrogen) atoms. The van der Waals surface area contributed by atoms with Gasteiger partial charge in [-0.15, -0.1) is 0 Å². The normalized spacial score (nSPS) is 15.9. The first-order valence-electron chi connectivity index (χ1n) is 7.86. The third-order valence-electron chi connectivity index (χ3n) is 4.37. The van der Waals surface area contributed by atoms with Crippen molar-refractivity contribution in [1.29, 1.82) is 0 Å². The molecule has 2 aromatic rings. The van der Waals surface area contributed by atoms with Crippen LogP contribution in [0.5, 0.6) is 5.75 Å². The zero-order valence-corrected chi connectivity index (χ0v) is 14.0. The number of benzene rings is 1. The third kappa shape index (κ3) is 3.62. The summed E-state index contributed by atoms with van der Waals surface area (Å²) in [7, 11) is 1.69. The molecule has 0 saturated heterocycles. The van der Waals surface area contributed by atoms with Gasteiger partial charge in [0.1, 0.15) is 5.75 Å². The van der Waals surface area contributed by atoms with Crippen LogP contribution < -0.4 is 15.4 Å². The number of thiocarbonyl (C=S) groups is 1. The van der Waals surface area contributed by atoms with E-state index in [0.717, 1.165) is 24.3 Å². The largest absolute Gasteiger partial charge is 0.497 e. The number of nitrogens with zero attached hydrogens (tertiary/aromatic N) is 1. The van der Waals surface area contributed by atoms with Crippen LogP contribution in [0.2, 0.25) is 0 Å². The second-order valence-corrected chi connectivity index (χ2v) is 6.25. The highest BCUT2D eigenvalue weighted by atomic mass is 32.1. The molecule has 1 saturated carbocycles. The van der Waals surface area contributed by atoms with Crippen LogP contribution in [0.4, 0.5) is 5.69 Å². The highest BCUT2D eigenvalue weighted by molar-refractivity contribution is 7.80. The zero-order chi connectivity index (χ0) is 16.1. The summed E-state index contributed by atoms with van der Waals surface area (Å²) in [6, 6.07) is 12.1. The van der Waals surface area contributed by atoms with Gasteiger partial charge in [0.05, 0.1) is 24.5 Å². The van der Waals surface area contributed by atoms with Crippen LogP contribution >= 0.6 is 12.2 Å². The predicted molar refractivity (Wildman–Crippen MR) is 96.7 cm³/mol. The molecular weight excluding hydrogens is 306 g/mol. The van der Waals surface area contributed by atoms with E-state index in [1.165, 1.54) is 18.4 Å². The number of anilines is 1. The van der Waals surface area contributed by atoms with Crippen molar-refractivity contribution in [3.63, 3.8) is 0 Å². The van der Waals surface area contributed by atoms with Crippen molar-refractivity contribution in [2.75, 3.05) is 12.4 Å². The Labute approximate surface area is 142 Å². The molecule has 1 fully saturated rings. The molecule has 1 aromatic heterocycles. The molecular formula is C18H21N3OS. The van der Waals surface area contributed by atoms with Crippen molar-refractivity contribution >= 4 is 23.0 Å². The topological polar surface area (TPSA) is 46.2 Å². The van der Waals surface area contributed by atoms with Crippen LogP contribution in [0.3, 0.4) is 0 Å². The fourth-order valence-electron chi connectivity index (χ4n) is 3.19. The van der Waals surface area contributed by atoms with E-state index in [0.29, 0.717) is 5.11 Å². The Morgan fingerprint density at radius 3 is 2.52 bits per heavy atom. The standard InChI is InChI=1S/C18H21N3OS/c1-22-16-8-6-14(7-9-16)18(10-2-3-11-18)21-17(23)20-15-5-4-12-19-13-15/h4-9,12-13H,2-3,10-11H2,1H3,(H2,20,21,23). The summed E-state index contributed by atoms with van der Waals surface area (Å²) in [4.78, 5) is 4.10. The monoisotopic (exact) mass is 327 g/mol. The van der Waals surface area contributed by atoms with Gasteiger partial charge in [-0.05, 0) is 54.9 Å². The lowest BCUT2D eigenvalue weighted by Gasteiger charge is -2.32. The molecule has 4 nitrogen and oxygen atoms in total. The Hall–Kier alpha value is -2.14. The van der Waals surface area contributed by atoms with Crippen LogP contribution in [0.1, 0.15) is 31.2 Å². The van der Waals surface area contributed by atoms with Gasteiger partial charge in [-0.25, -0.2) is 0 Å². The fourth-order valence-corrected chi connectivity index (χ4v) is 3.50. The van der Waals surface area contributed by atoms with Gasteiger partial charge in [0.15, 0.2) is 5.11 Å². The van der Waals surface area contributed by atoms with Crippen LogP contribution in [-0.4, -0.2) is 17.2 Å². The van der Waals surface area contributed by atoms with E-state index in [2.05, 4.69) is 27.8 Å². The van der Waals surface area contributed by atoms with Gasteiger partial charge in [-0.3, -0.25) is 4.98 Å². The average molecular weight is 327 g/mol. The van der Waals surface area contributed by atoms with Crippen LogP contribution in [-0.2, 0) is 5.54 Å². The van der Waals surface area contributed by atoms with E-state index in [4.69, 9.17) is 17.0 Å². The predicted octanol–water partition coefficient (Wildman–Crippen LogP) is 3.85. The summed E-state index contributed by atoms with van der Waals surface area (Å²) in [5.74, 6) is 0.873. The van der Waals surface area contributed by atoms with Gasteiger partial charge in [-0.1, -0.05) is 25.0 Å². The molecule has 0 bridgehead atoms. The first-order chi connectivity index (χ1) is 11.2. The molecule has 1 aromatic carbocycles. The number of hydrogen-bond donors (Lipinski definition) is 2. The molecule has 1 aliphatic rings. The number of nitrogens with one attached hydrogen (secondary N) is 2. The first-order valence-corrected chi connectivity index (χ1v) is 8.26. The summed E-state index contributed by atoms with van der Waals surface area (Å²) < 4.78 is 5.26. The molecule has 2 N–H and O–H groups in total. The van der Waals surface area contributed by atoms with E-state index in [9.17, 15) is 0 Å². The maximum Gasteiger partial charge on any atom is 0.171 e. The molecule has 1 aliphatic carbocycles. The number of ether oxygens (including phenoxy) is 1. The van der Waals surface area contributed by atoms with Crippen LogP contribution in [0, 0.1) is 0 Å². The smallest absolute Gasteiger partial charge is 0.171 e. The lowest BCUT2D eigenvalue weighted by atomic mass is 9.88. The fraction of sp³-hybridized carbons (Fsp3) is 0.333. The van der Waals surface area contributed by atoms with Crippen molar-refractivity contribution in [2.45, 2.75) is 31.2 Å². The second-order valence-electron chi connectivity index (χ2n) is 5.84. The minimum Gasteiger partial charge on any atom is -0.497 e. The Kier molecular flexibility index (Phi) is 4.76. The third-order valence-corrected chi connectivity index (χ3v) is 4.58. The number of methoxy groups -OCH3 is 1. The lowest BCUT2D eigenvalue weighted by Crippen LogP contribution is -2.45. The maximum atomic E-state index is 5.52. The molecule has 0 atom stereocenters. The van der Waals surface area contributed by atoms with Crippen molar-refractivity contribution in [1.82, 2.24) is 10.3 Å². The van der Waals surface area contributed by atoms with Crippen molar-refractivity contribution in [3.8, 4) is 5.75 Å². The van der Waals surface area contributed by atoms with E-state index >= 15 is 0 Å². The number of pyridine rings is 1. The minimum atomic E-state index is -0.0986. The molecule has 0 spiro atoms. The molecule has 5 heteroatoms. The molecule has 3 rings (SSSR count). The quantitative estimate of drug-likeness (QED) is 0.835. The maximum absolute atomic E-state index is 5.52. The van der Waals surface area contributed by atoms with Gasteiger partial charge < -0.3 is 15.4 Å². The molecule has 0 radical (unpaired) electrons. The van der Waals surface area contributed by atoms with Crippen molar-refractivity contribution < 1.29 is 4.74 Å². The Morgan fingerprint density at radius 2 is 1.91 bits per heavy atom. The van der Waals surface area contributed by atoms with E-state index < -0.39 is 0 Å². The Morgan fingerprint density at radius 1 is 1.17 bits per heavy atom. The second kappa shape index (κ2) is 6.96. The molecule has 0 aliphatic heterocycles.